The number of hydrogen-bond donors (Lipinski definition) is 1. The van der Waals surface area contributed by atoms with Crippen LogP contribution in [0.15, 0.2) is 26.5 Å². The Hall–Kier alpha value is -2.02. The standard InChI is InChI=1S/C17H16N2O4S/c20-14-5-10(13-6-11(18-23-13)8-1-2-8)15(9-3-4-9)16-19(14)12(7-24-16)17(21)22/h5-6,8-9,12H,1-4,7H2,(H,21,22). The van der Waals surface area contributed by atoms with Gasteiger partial charge in [-0.3, -0.25) is 9.36 Å². The molecule has 0 bridgehead atoms. The van der Waals surface area contributed by atoms with Crippen molar-refractivity contribution in [3.05, 3.63) is 33.7 Å². The number of carboxylic acid groups (broad SMARTS) is 1. The monoisotopic (exact) mass is 344 g/mol. The molecule has 3 heterocycles. The zero-order valence-electron chi connectivity index (χ0n) is 12.9. The first kappa shape index (κ1) is 14.3. The fourth-order valence-corrected chi connectivity index (χ4v) is 4.83. The highest BCUT2D eigenvalue weighted by molar-refractivity contribution is 7.99. The van der Waals surface area contributed by atoms with Gasteiger partial charge in [-0.15, -0.1) is 11.8 Å². The third-order valence-corrected chi connectivity index (χ3v) is 6.17. The zero-order chi connectivity index (χ0) is 16.4. The number of aliphatic carboxylic acids is 1. The van der Waals surface area contributed by atoms with Gasteiger partial charge in [0.05, 0.1) is 10.7 Å². The summed E-state index contributed by atoms with van der Waals surface area (Å²) in [5.74, 6) is 0.967. The van der Waals surface area contributed by atoms with Gasteiger partial charge in [0.25, 0.3) is 5.56 Å². The third-order valence-electron chi connectivity index (χ3n) is 4.99. The summed E-state index contributed by atoms with van der Waals surface area (Å²) in [5, 5.41) is 14.3. The minimum atomic E-state index is -0.950. The number of carbonyl (C=O) groups is 1. The molecule has 24 heavy (non-hydrogen) atoms. The maximum absolute atomic E-state index is 12.6. The molecule has 124 valence electrons. The molecule has 0 amide bonds. The van der Waals surface area contributed by atoms with Crippen molar-refractivity contribution in [2.24, 2.45) is 0 Å². The average Bonchev–Trinajstić information content (AvgIpc) is 3.47. The smallest absolute Gasteiger partial charge is 0.327 e. The van der Waals surface area contributed by atoms with E-state index in [1.165, 1.54) is 22.4 Å². The molecule has 1 unspecified atom stereocenters. The van der Waals surface area contributed by atoms with Gasteiger partial charge in [0.1, 0.15) is 6.04 Å². The molecule has 0 saturated heterocycles. The van der Waals surface area contributed by atoms with E-state index in [0.29, 0.717) is 23.3 Å². The van der Waals surface area contributed by atoms with Crippen molar-refractivity contribution >= 4 is 17.7 Å². The fraction of sp³-hybridized carbons (Fsp3) is 0.471. The lowest BCUT2D eigenvalue weighted by atomic mass is 10.0. The van der Waals surface area contributed by atoms with Gasteiger partial charge in [0.15, 0.2) is 5.76 Å². The third kappa shape index (κ3) is 2.14. The maximum Gasteiger partial charge on any atom is 0.327 e. The number of pyridine rings is 1. The highest BCUT2D eigenvalue weighted by atomic mass is 32.2. The van der Waals surface area contributed by atoms with Crippen LogP contribution in [0.25, 0.3) is 11.3 Å². The van der Waals surface area contributed by atoms with Crippen LogP contribution in [-0.4, -0.2) is 26.6 Å². The number of fused-ring (bicyclic) bond motifs is 1. The van der Waals surface area contributed by atoms with Gasteiger partial charge in [-0.25, -0.2) is 4.79 Å². The van der Waals surface area contributed by atoms with Crippen molar-refractivity contribution in [3.63, 3.8) is 0 Å². The number of hydrogen-bond acceptors (Lipinski definition) is 5. The van der Waals surface area contributed by atoms with E-state index in [1.54, 1.807) is 0 Å². The predicted molar refractivity (Wildman–Crippen MR) is 87.5 cm³/mol. The topological polar surface area (TPSA) is 85.3 Å². The summed E-state index contributed by atoms with van der Waals surface area (Å²) in [7, 11) is 0. The van der Waals surface area contributed by atoms with Crippen LogP contribution < -0.4 is 5.56 Å². The van der Waals surface area contributed by atoms with Crippen LogP contribution >= 0.6 is 11.8 Å². The van der Waals surface area contributed by atoms with Crippen molar-refractivity contribution < 1.29 is 14.4 Å². The lowest BCUT2D eigenvalue weighted by molar-refractivity contribution is -0.140. The molecule has 5 rings (SSSR count). The van der Waals surface area contributed by atoms with Gasteiger partial charge >= 0.3 is 5.97 Å². The van der Waals surface area contributed by atoms with Gasteiger partial charge < -0.3 is 9.63 Å². The molecule has 2 aromatic rings. The van der Waals surface area contributed by atoms with Crippen molar-refractivity contribution in [3.8, 4) is 11.3 Å². The predicted octanol–water partition coefficient (Wildman–Crippen LogP) is 2.99. The summed E-state index contributed by atoms with van der Waals surface area (Å²) in [6.45, 7) is 0. The van der Waals surface area contributed by atoms with Crippen LogP contribution in [-0.2, 0) is 4.79 Å². The van der Waals surface area contributed by atoms with E-state index in [-0.39, 0.29) is 5.56 Å². The molecule has 1 N–H and O–H groups in total. The molecule has 2 saturated carbocycles. The minimum Gasteiger partial charge on any atom is -0.480 e. The first-order valence-electron chi connectivity index (χ1n) is 8.25. The largest absolute Gasteiger partial charge is 0.480 e. The molecule has 2 aromatic heterocycles. The second kappa shape index (κ2) is 4.99. The van der Waals surface area contributed by atoms with Crippen molar-refractivity contribution in [1.29, 1.82) is 0 Å². The number of thioether (sulfide) groups is 1. The normalized spacial score (nSPS) is 22.6. The van der Waals surface area contributed by atoms with E-state index < -0.39 is 12.0 Å². The number of carboxylic acids is 1. The van der Waals surface area contributed by atoms with Crippen LogP contribution in [0.5, 0.6) is 0 Å². The zero-order valence-corrected chi connectivity index (χ0v) is 13.7. The highest BCUT2D eigenvalue weighted by Crippen LogP contribution is 2.51. The van der Waals surface area contributed by atoms with Crippen LogP contribution in [0.1, 0.15) is 54.8 Å². The van der Waals surface area contributed by atoms with Crippen molar-refractivity contribution in [2.45, 2.75) is 48.6 Å². The Labute approximate surface area is 141 Å². The summed E-state index contributed by atoms with van der Waals surface area (Å²) in [5.41, 5.74) is 2.56. The second-order valence-electron chi connectivity index (χ2n) is 6.81. The Morgan fingerprint density at radius 2 is 2.00 bits per heavy atom. The summed E-state index contributed by atoms with van der Waals surface area (Å²) in [6.07, 6.45) is 4.43. The number of nitrogens with zero attached hydrogens (tertiary/aromatic N) is 2. The molecule has 2 aliphatic carbocycles. The Bertz CT molecular complexity index is 908. The SMILES string of the molecule is O=C(O)C1CSc2c(C3CC3)c(-c3cc(C4CC4)no3)cc(=O)n21. The molecular weight excluding hydrogens is 328 g/mol. The van der Waals surface area contributed by atoms with E-state index >= 15 is 0 Å². The molecule has 1 atom stereocenters. The van der Waals surface area contributed by atoms with Crippen LogP contribution in [0, 0.1) is 0 Å². The lowest BCUT2D eigenvalue weighted by Gasteiger charge is -2.14. The molecule has 0 spiro atoms. The molecule has 0 radical (unpaired) electrons. The van der Waals surface area contributed by atoms with Crippen molar-refractivity contribution in [2.75, 3.05) is 5.75 Å². The van der Waals surface area contributed by atoms with Gasteiger partial charge in [-0.2, -0.15) is 0 Å². The molecule has 0 aromatic carbocycles. The highest BCUT2D eigenvalue weighted by Gasteiger charge is 2.39. The Morgan fingerprint density at radius 3 is 2.67 bits per heavy atom. The molecule has 1 aliphatic heterocycles. The minimum absolute atomic E-state index is 0.272. The summed E-state index contributed by atoms with van der Waals surface area (Å²) in [6, 6.07) is 2.71. The number of aromatic nitrogens is 2. The maximum atomic E-state index is 12.6. The molecular formula is C17H16N2O4S. The quantitative estimate of drug-likeness (QED) is 0.918. The van der Waals surface area contributed by atoms with Gasteiger partial charge in [-0.05, 0) is 37.2 Å². The van der Waals surface area contributed by atoms with Gasteiger partial charge in [0.2, 0.25) is 0 Å². The van der Waals surface area contributed by atoms with Gasteiger partial charge in [-0.1, -0.05) is 5.16 Å². The summed E-state index contributed by atoms with van der Waals surface area (Å²) in [4.78, 5) is 24.0. The summed E-state index contributed by atoms with van der Waals surface area (Å²) >= 11 is 1.47. The van der Waals surface area contributed by atoms with Crippen LogP contribution in [0.4, 0.5) is 0 Å². The molecule has 7 heteroatoms. The molecule has 2 fully saturated rings. The Kier molecular flexibility index (Phi) is 2.98. The average molecular weight is 344 g/mol. The van der Waals surface area contributed by atoms with E-state index in [9.17, 15) is 14.7 Å². The van der Waals surface area contributed by atoms with E-state index in [2.05, 4.69) is 5.16 Å². The summed E-state index contributed by atoms with van der Waals surface area (Å²) < 4.78 is 6.98. The first-order chi connectivity index (χ1) is 11.6. The lowest BCUT2D eigenvalue weighted by Crippen LogP contribution is -2.29. The van der Waals surface area contributed by atoms with Gasteiger partial charge in [0, 0.05) is 29.4 Å². The van der Waals surface area contributed by atoms with E-state index in [1.807, 2.05) is 6.07 Å². The fourth-order valence-electron chi connectivity index (χ4n) is 3.43. The second-order valence-corrected chi connectivity index (χ2v) is 7.82. The molecule has 6 nitrogen and oxygen atoms in total. The van der Waals surface area contributed by atoms with Crippen LogP contribution in [0.2, 0.25) is 0 Å². The Balaban J connectivity index is 1.69. The number of rotatable bonds is 4. The van der Waals surface area contributed by atoms with Crippen molar-refractivity contribution in [1.82, 2.24) is 9.72 Å². The first-order valence-corrected chi connectivity index (χ1v) is 9.24. The van der Waals surface area contributed by atoms with Crippen LogP contribution in [0.3, 0.4) is 0 Å². The molecule has 3 aliphatic rings. The van der Waals surface area contributed by atoms with E-state index in [4.69, 9.17) is 4.52 Å². The van der Waals surface area contributed by atoms with E-state index in [0.717, 1.165) is 47.5 Å². The Morgan fingerprint density at radius 1 is 1.25 bits per heavy atom.